The van der Waals surface area contributed by atoms with Crippen LogP contribution in [0.5, 0.6) is 5.75 Å². The van der Waals surface area contributed by atoms with Crippen LogP contribution in [0.4, 0.5) is 4.39 Å². The zero-order valence-electron chi connectivity index (χ0n) is 9.50. The Kier molecular flexibility index (Phi) is 4.78. The third-order valence-electron chi connectivity index (χ3n) is 2.51. The lowest BCUT2D eigenvalue weighted by atomic mass is 10.2. The van der Waals surface area contributed by atoms with Crippen LogP contribution < -0.4 is 4.74 Å². The molecule has 0 aliphatic carbocycles. The topological polar surface area (TPSA) is 9.23 Å². The summed E-state index contributed by atoms with van der Waals surface area (Å²) in [6.07, 6.45) is 0. The second-order valence-electron chi connectivity index (χ2n) is 3.77. The molecular formula is C14H11Br2FO. The van der Waals surface area contributed by atoms with E-state index in [4.69, 9.17) is 4.74 Å². The largest absolute Gasteiger partial charge is 0.489 e. The van der Waals surface area contributed by atoms with E-state index in [2.05, 4.69) is 31.9 Å². The summed E-state index contributed by atoms with van der Waals surface area (Å²) in [5.74, 6) is 0.492. The van der Waals surface area contributed by atoms with Crippen molar-refractivity contribution in [3.8, 4) is 5.75 Å². The quantitative estimate of drug-likeness (QED) is 0.680. The molecule has 0 radical (unpaired) electrons. The Balaban J connectivity index is 2.09. The molecule has 18 heavy (non-hydrogen) atoms. The van der Waals surface area contributed by atoms with Crippen molar-refractivity contribution in [2.75, 3.05) is 0 Å². The summed E-state index contributed by atoms with van der Waals surface area (Å²) in [5.41, 5.74) is 1.65. The maximum Gasteiger partial charge on any atom is 0.129 e. The Labute approximate surface area is 122 Å². The van der Waals surface area contributed by atoms with E-state index in [-0.39, 0.29) is 12.4 Å². The lowest BCUT2D eigenvalue weighted by molar-refractivity contribution is 0.299. The van der Waals surface area contributed by atoms with Gasteiger partial charge in [-0.15, -0.1) is 0 Å². The molecule has 2 aromatic rings. The number of benzene rings is 2. The molecule has 4 heteroatoms. The van der Waals surface area contributed by atoms with Gasteiger partial charge in [0.1, 0.15) is 18.2 Å². The summed E-state index contributed by atoms with van der Waals surface area (Å²) >= 11 is 6.86. The predicted molar refractivity (Wildman–Crippen MR) is 77.5 cm³/mol. The third kappa shape index (κ3) is 3.33. The van der Waals surface area contributed by atoms with Gasteiger partial charge in [-0.3, -0.25) is 0 Å². The molecule has 2 rings (SSSR count). The summed E-state index contributed by atoms with van der Waals surface area (Å²) in [7, 11) is 0. The second kappa shape index (κ2) is 6.34. The fraction of sp³-hybridized carbons (Fsp3) is 0.143. The van der Waals surface area contributed by atoms with Gasteiger partial charge in [0.15, 0.2) is 0 Å². The summed E-state index contributed by atoms with van der Waals surface area (Å²) in [6, 6.07) is 12.3. The third-order valence-corrected chi connectivity index (χ3v) is 3.89. The highest BCUT2D eigenvalue weighted by molar-refractivity contribution is 9.10. The molecule has 2 aromatic carbocycles. The summed E-state index contributed by atoms with van der Waals surface area (Å²) < 4.78 is 20.0. The van der Waals surface area contributed by atoms with Crippen molar-refractivity contribution in [2.45, 2.75) is 11.9 Å². The summed E-state index contributed by atoms with van der Waals surface area (Å²) in [4.78, 5) is 0. The first-order valence-electron chi connectivity index (χ1n) is 5.41. The summed E-state index contributed by atoms with van der Waals surface area (Å²) in [5, 5.41) is 0.741. The van der Waals surface area contributed by atoms with E-state index >= 15 is 0 Å². The molecule has 0 aliphatic rings. The average molecular weight is 374 g/mol. The fourth-order valence-electron chi connectivity index (χ4n) is 1.52. The van der Waals surface area contributed by atoms with Crippen LogP contribution in [0.2, 0.25) is 0 Å². The van der Waals surface area contributed by atoms with Gasteiger partial charge in [-0.1, -0.05) is 50.1 Å². The van der Waals surface area contributed by atoms with Crippen molar-refractivity contribution < 1.29 is 9.13 Å². The van der Waals surface area contributed by atoms with Gasteiger partial charge in [-0.2, -0.15) is 0 Å². The first-order chi connectivity index (χ1) is 8.70. The molecule has 0 aliphatic heterocycles. The molecule has 1 nitrogen and oxygen atoms in total. The Morgan fingerprint density at radius 3 is 2.56 bits per heavy atom. The predicted octanol–water partition coefficient (Wildman–Crippen LogP) is 5.06. The van der Waals surface area contributed by atoms with Crippen LogP contribution in [0.25, 0.3) is 0 Å². The Morgan fingerprint density at radius 2 is 1.83 bits per heavy atom. The fourth-order valence-corrected chi connectivity index (χ4v) is 2.75. The first kappa shape index (κ1) is 13.6. The molecular weight excluding hydrogens is 363 g/mol. The average Bonchev–Trinajstić information content (AvgIpc) is 2.39. The Morgan fingerprint density at radius 1 is 1.06 bits per heavy atom. The lowest BCUT2D eigenvalue weighted by Gasteiger charge is -2.09. The first-order valence-corrected chi connectivity index (χ1v) is 7.32. The van der Waals surface area contributed by atoms with Gasteiger partial charge < -0.3 is 4.74 Å². The standard InChI is InChI=1S/C14H11Br2FO/c15-8-11-7-12(5-6-13(11)16)18-9-10-3-1-2-4-14(10)17/h1-7H,8-9H2. The number of hydrogen-bond acceptors (Lipinski definition) is 1. The van der Waals surface area contributed by atoms with E-state index in [1.54, 1.807) is 18.2 Å². The molecule has 0 N–H and O–H groups in total. The highest BCUT2D eigenvalue weighted by atomic mass is 79.9. The van der Waals surface area contributed by atoms with Gasteiger partial charge in [0, 0.05) is 15.4 Å². The van der Waals surface area contributed by atoms with E-state index in [1.807, 2.05) is 18.2 Å². The van der Waals surface area contributed by atoms with E-state index in [0.717, 1.165) is 21.1 Å². The van der Waals surface area contributed by atoms with Crippen LogP contribution in [0.3, 0.4) is 0 Å². The molecule has 0 atom stereocenters. The van der Waals surface area contributed by atoms with Crippen molar-refractivity contribution >= 4 is 31.9 Å². The van der Waals surface area contributed by atoms with Gasteiger partial charge in [0.25, 0.3) is 0 Å². The maximum absolute atomic E-state index is 13.4. The van der Waals surface area contributed by atoms with E-state index in [1.165, 1.54) is 6.07 Å². The van der Waals surface area contributed by atoms with E-state index in [9.17, 15) is 4.39 Å². The molecule has 0 spiro atoms. The van der Waals surface area contributed by atoms with Crippen LogP contribution in [0.1, 0.15) is 11.1 Å². The Hall–Kier alpha value is -0.870. The van der Waals surface area contributed by atoms with Crippen molar-refractivity contribution in [3.63, 3.8) is 0 Å². The van der Waals surface area contributed by atoms with Crippen LogP contribution >= 0.6 is 31.9 Å². The molecule has 0 aromatic heterocycles. The van der Waals surface area contributed by atoms with Gasteiger partial charge in [0.05, 0.1) is 0 Å². The van der Waals surface area contributed by atoms with Gasteiger partial charge in [0.2, 0.25) is 0 Å². The van der Waals surface area contributed by atoms with Gasteiger partial charge >= 0.3 is 0 Å². The molecule has 0 unspecified atom stereocenters. The number of alkyl halides is 1. The molecule has 94 valence electrons. The zero-order valence-corrected chi connectivity index (χ0v) is 12.7. The van der Waals surface area contributed by atoms with Crippen molar-refractivity contribution in [1.82, 2.24) is 0 Å². The highest BCUT2D eigenvalue weighted by Crippen LogP contribution is 2.25. The minimum absolute atomic E-state index is 0.232. The van der Waals surface area contributed by atoms with Crippen molar-refractivity contribution in [3.05, 3.63) is 63.9 Å². The normalized spacial score (nSPS) is 10.4. The molecule has 0 bridgehead atoms. The van der Waals surface area contributed by atoms with Crippen LogP contribution in [0.15, 0.2) is 46.9 Å². The second-order valence-corrected chi connectivity index (χ2v) is 5.18. The van der Waals surface area contributed by atoms with Crippen molar-refractivity contribution in [1.29, 1.82) is 0 Å². The van der Waals surface area contributed by atoms with Crippen molar-refractivity contribution in [2.24, 2.45) is 0 Å². The minimum atomic E-state index is -0.240. The van der Waals surface area contributed by atoms with E-state index in [0.29, 0.717) is 5.56 Å². The smallest absolute Gasteiger partial charge is 0.129 e. The van der Waals surface area contributed by atoms with Crippen LogP contribution in [0, 0.1) is 5.82 Å². The highest BCUT2D eigenvalue weighted by Gasteiger charge is 2.04. The zero-order chi connectivity index (χ0) is 13.0. The van der Waals surface area contributed by atoms with Gasteiger partial charge in [-0.05, 0) is 29.8 Å². The minimum Gasteiger partial charge on any atom is -0.489 e. The Bertz CT molecular complexity index is 543. The van der Waals surface area contributed by atoms with Crippen LogP contribution in [-0.4, -0.2) is 0 Å². The van der Waals surface area contributed by atoms with Gasteiger partial charge in [-0.25, -0.2) is 4.39 Å². The summed E-state index contributed by atoms with van der Waals surface area (Å²) in [6.45, 7) is 0.232. The number of hydrogen-bond donors (Lipinski definition) is 0. The molecule has 0 amide bonds. The lowest BCUT2D eigenvalue weighted by Crippen LogP contribution is -1.98. The molecule has 0 saturated carbocycles. The number of ether oxygens (including phenoxy) is 1. The monoisotopic (exact) mass is 372 g/mol. The molecule has 0 heterocycles. The van der Waals surface area contributed by atoms with E-state index < -0.39 is 0 Å². The molecule has 0 saturated heterocycles. The SMILES string of the molecule is Fc1ccccc1COc1ccc(Br)c(CBr)c1. The molecule has 0 fully saturated rings. The number of rotatable bonds is 4. The maximum atomic E-state index is 13.4. The number of halogens is 3. The van der Waals surface area contributed by atoms with Crippen LogP contribution in [-0.2, 0) is 11.9 Å².